The molecule has 1 unspecified atom stereocenters. The van der Waals surface area contributed by atoms with E-state index in [-0.39, 0.29) is 11.8 Å². The van der Waals surface area contributed by atoms with Gasteiger partial charge in [-0.25, -0.2) is 0 Å². The minimum Gasteiger partial charge on any atom is -0.393 e. The highest BCUT2D eigenvalue weighted by Crippen LogP contribution is 2.59. The normalized spacial score (nSPS) is 40.3. The molecule has 3 rings (SSSR count). The second-order valence-electron chi connectivity index (χ2n) is 11.7. The quantitative estimate of drug-likeness (QED) is 0.466. The zero-order chi connectivity index (χ0) is 23.0. The minimum absolute atomic E-state index is 0.149. The fourth-order valence-electron chi connectivity index (χ4n) is 6.70. The van der Waals surface area contributed by atoms with E-state index in [1.54, 1.807) is 5.57 Å². The summed E-state index contributed by atoms with van der Waals surface area (Å²) in [5.74, 6) is 2.20. The van der Waals surface area contributed by atoms with Crippen LogP contribution in [0.3, 0.4) is 0 Å². The van der Waals surface area contributed by atoms with Gasteiger partial charge in [-0.2, -0.15) is 0 Å². The van der Waals surface area contributed by atoms with Crippen LogP contribution in [-0.2, 0) is 0 Å². The maximum absolute atomic E-state index is 10.3. The van der Waals surface area contributed by atoms with Gasteiger partial charge in [-0.15, -0.1) is 0 Å². The Hall–Kier alpha value is -0.900. The van der Waals surface area contributed by atoms with Crippen molar-refractivity contribution in [1.82, 2.24) is 0 Å². The predicted octanol–water partition coefficient (Wildman–Crippen LogP) is 5.81. The predicted molar refractivity (Wildman–Crippen MR) is 129 cm³/mol. The molecule has 3 aliphatic rings. The summed E-state index contributed by atoms with van der Waals surface area (Å²) >= 11 is 0. The van der Waals surface area contributed by atoms with Crippen LogP contribution in [0.25, 0.3) is 0 Å². The van der Waals surface area contributed by atoms with Crippen molar-refractivity contribution in [1.29, 1.82) is 0 Å². The van der Waals surface area contributed by atoms with Gasteiger partial charge in [-0.05, 0) is 93.5 Å². The fraction of sp³-hybridized carbons (Fsp3) is 0.786. The van der Waals surface area contributed by atoms with Crippen molar-refractivity contribution in [2.24, 2.45) is 35.0 Å². The van der Waals surface area contributed by atoms with Gasteiger partial charge in [0.15, 0.2) is 0 Å². The molecule has 0 aliphatic heterocycles. The summed E-state index contributed by atoms with van der Waals surface area (Å²) in [6, 6.07) is 0. The Morgan fingerprint density at radius 1 is 1.16 bits per heavy atom. The number of hydrogen-bond acceptors (Lipinski definition) is 3. The van der Waals surface area contributed by atoms with E-state index in [4.69, 9.17) is 0 Å². The van der Waals surface area contributed by atoms with Crippen molar-refractivity contribution in [3.63, 3.8) is 0 Å². The zero-order valence-corrected chi connectivity index (χ0v) is 20.5. The van der Waals surface area contributed by atoms with Gasteiger partial charge in [0.2, 0.25) is 0 Å². The van der Waals surface area contributed by atoms with Crippen molar-refractivity contribution < 1.29 is 15.3 Å². The number of hydrogen-bond donors (Lipinski definition) is 3. The van der Waals surface area contributed by atoms with Crippen LogP contribution >= 0.6 is 0 Å². The molecule has 3 nitrogen and oxygen atoms in total. The van der Waals surface area contributed by atoms with E-state index in [1.165, 1.54) is 32.1 Å². The van der Waals surface area contributed by atoms with Crippen LogP contribution in [0.5, 0.6) is 0 Å². The van der Waals surface area contributed by atoms with Crippen LogP contribution < -0.4 is 0 Å². The number of aliphatic hydroxyl groups is 3. The van der Waals surface area contributed by atoms with Crippen molar-refractivity contribution >= 4 is 0 Å². The molecule has 0 radical (unpaired) electrons. The van der Waals surface area contributed by atoms with Gasteiger partial charge >= 0.3 is 0 Å². The van der Waals surface area contributed by atoms with E-state index in [2.05, 4.69) is 45.6 Å². The lowest BCUT2D eigenvalue weighted by molar-refractivity contribution is 0.0435. The van der Waals surface area contributed by atoms with Gasteiger partial charge < -0.3 is 15.3 Å². The van der Waals surface area contributed by atoms with E-state index in [9.17, 15) is 15.3 Å². The maximum Gasteiger partial charge on any atom is 0.0774 e. The van der Waals surface area contributed by atoms with Crippen molar-refractivity contribution in [2.45, 2.75) is 104 Å². The molecule has 3 fully saturated rings. The maximum atomic E-state index is 10.3. The first-order chi connectivity index (χ1) is 14.4. The van der Waals surface area contributed by atoms with Gasteiger partial charge in [-0.3, -0.25) is 0 Å². The molecule has 0 aromatic carbocycles. The largest absolute Gasteiger partial charge is 0.393 e. The lowest BCUT2D eigenvalue weighted by Crippen LogP contribution is -2.36. The Bertz CT molecular complexity index is 700. The standard InChI is InChI=1S/C28H46O3/c1-18(9-10-19(2)27(4,5)31)24-13-14-25-21(8-7-15-28(24,25)6)11-12-22-16-23(29)17-26(30)20(22)3/h9-11,18-19,22-26,29-31H,3,7-8,12-17H2,1-2,4-6H3/b10-9+,21-11+/t18-,19+,22?,23-,24-,25+,26+,28-/m1/s1. The summed E-state index contributed by atoms with van der Waals surface area (Å²) in [6.07, 6.45) is 14.4. The molecule has 0 bridgehead atoms. The summed E-state index contributed by atoms with van der Waals surface area (Å²) in [6.45, 7) is 14.9. The Morgan fingerprint density at radius 2 is 1.87 bits per heavy atom. The Balaban J connectivity index is 1.70. The van der Waals surface area contributed by atoms with E-state index in [1.807, 2.05) is 13.8 Å². The molecule has 3 saturated carbocycles. The smallest absolute Gasteiger partial charge is 0.0774 e. The minimum atomic E-state index is -0.677. The van der Waals surface area contributed by atoms with Crippen molar-refractivity contribution in [3.8, 4) is 0 Å². The van der Waals surface area contributed by atoms with Gasteiger partial charge in [0.25, 0.3) is 0 Å². The summed E-state index contributed by atoms with van der Waals surface area (Å²) in [4.78, 5) is 0. The molecule has 3 aliphatic carbocycles. The first-order valence-electron chi connectivity index (χ1n) is 12.6. The van der Waals surface area contributed by atoms with Gasteiger partial charge in [0.05, 0.1) is 17.8 Å². The molecular formula is C28H46O3. The molecule has 8 atom stereocenters. The van der Waals surface area contributed by atoms with Crippen LogP contribution in [0.15, 0.2) is 36.0 Å². The van der Waals surface area contributed by atoms with Crippen molar-refractivity contribution in [3.05, 3.63) is 36.0 Å². The summed E-state index contributed by atoms with van der Waals surface area (Å²) in [5.41, 5.74) is 2.18. The first kappa shape index (κ1) is 24.7. The topological polar surface area (TPSA) is 60.7 Å². The van der Waals surface area contributed by atoms with Crippen LogP contribution in [0.2, 0.25) is 0 Å². The molecule has 0 aromatic heterocycles. The molecule has 3 N–H and O–H groups in total. The van der Waals surface area contributed by atoms with Gasteiger partial charge in [0.1, 0.15) is 0 Å². The highest BCUT2D eigenvalue weighted by atomic mass is 16.3. The SMILES string of the molecule is C=C1C(C/C=C2\CCC[C@]3(C)[C@@H]([C@H](C)/C=C/[C@H](C)C(C)(C)O)CC[C@@H]23)C[C@@H](O)C[C@@H]1O. The van der Waals surface area contributed by atoms with E-state index in [0.717, 1.165) is 18.4 Å². The van der Waals surface area contributed by atoms with E-state index < -0.39 is 17.8 Å². The van der Waals surface area contributed by atoms with Crippen LogP contribution in [0, 0.1) is 35.0 Å². The van der Waals surface area contributed by atoms with Crippen LogP contribution in [0.1, 0.15) is 86.0 Å². The fourth-order valence-corrected chi connectivity index (χ4v) is 6.70. The zero-order valence-electron chi connectivity index (χ0n) is 20.5. The number of aliphatic hydroxyl groups excluding tert-OH is 2. The first-order valence-corrected chi connectivity index (χ1v) is 12.6. The summed E-state index contributed by atoms with van der Waals surface area (Å²) < 4.78 is 0. The van der Waals surface area contributed by atoms with Crippen molar-refractivity contribution in [2.75, 3.05) is 0 Å². The van der Waals surface area contributed by atoms with Crippen LogP contribution in [0.4, 0.5) is 0 Å². The van der Waals surface area contributed by atoms with Gasteiger partial charge in [-0.1, -0.05) is 51.2 Å². The molecule has 0 heterocycles. The summed E-state index contributed by atoms with van der Waals surface area (Å²) in [7, 11) is 0. The second kappa shape index (κ2) is 9.53. The number of rotatable bonds is 6. The Kier molecular flexibility index (Phi) is 7.61. The molecule has 31 heavy (non-hydrogen) atoms. The third-order valence-corrected chi connectivity index (χ3v) is 9.16. The number of fused-ring (bicyclic) bond motifs is 1. The average Bonchev–Trinajstić information content (AvgIpc) is 3.04. The molecular weight excluding hydrogens is 384 g/mol. The Labute approximate surface area is 190 Å². The van der Waals surface area contributed by atoms with E-state index in [0.29, 0.717) is 29.6 Å². The highest BCUT2D eigenvalue weighted by molar-refractivity contribution is 5.21. The Morgan fingerprint density at radius 3 is 2.55 bits per heavy atom. The third kappa shape index (κ3) is 5.37. The average molecular weight is 431 g/mol. The van der Waals surface area contributed by atoms with E-state index >= 15 is 0 Å². The monoisotopic (exact) mass is 430 g/mol. The lowest BCUT2D eigenvalue weighted by Gasteiger charge is -2.44. The molecule has 0 aromatic rings. The van der Waals surface area contributed by atoms with Crippen LogP contribution in [-0.4, -0.2) is 33.1 Å². The molecule has 176 valence electrons. The van der Waals surface area contributed by atoms with Gasteiger partial charge in [0, 0.05) is 12.3 Å². The molecule has 0 amide bonds. The highest BCUT2D eigenvalue weighted by Gasteiger charge is 2.50. The number of allylic oxidation sites excluding steroid dienone is 3. The lowest BCUT2D eigenvalue weighted by atomic mass is 9.61. The second-order valence-corrected chi connectivity index (χ2v) is 11.7. The molecule has 0 spiro atoms. The molecule has 0 saturated heterocycles. The summed E-state index contributed by atoms with van der Waals surface area (Å²) in [5, 5.41) is 30.5. The molecule has 3 heteroatoms. The third-order valence-electron chi connectivity index (χ3n) is 9.16.